The summed E-state index contributed by atoms with van der Waals surface area (Å²) in [7, 11) is 0. The van der Waals surface area contributed by atoms with E-state index in [9.17, 15) is 4.79 Å². The Hall–Kier alpha value is 0.430. The molecule has 0 heterocycles. The quantitative estimate of drug-likeness (QED) is 0.550. The van der Waals surface area contributed by atoms with Crippen LogP contribution < -0.4 is 0 Å². The zero-order chi connectivity index (χ0) is 9.14. The summed E-state index contributed by atoms with van der Waals surface area (Å²) in [5.74, 6) is -0.198. The van der Waals surface area contributed by atoms with Gasteiger partial charge in [-0.3, -0.25) is 4.79 Å². The molecule has 1 aliphatic carbocycles. The Kier molecular flexibility index (Phi) is 4.03. The fourth-order valence-electron chi connectivity index (χ4n) is 1.40. The van der Waals surface area contributed by atoms with Gasteiger partial charge in [-0.05, 0) is 12.8 Å². The Morgan fingerprint density at radius 1 is 1.33 bits per heavy atom. The molecule has 3 atom stereocenters. The molecule has 4 heteroatoms. The summed E-state index contributed by atoms with van der Waals surface area (Å²) in [6, 6.07) is 0. The number of alkyl halides is 2. The van der Waals surface area contributed by atoms with Crippen LogP contribution in [0.25, 0.3) is 0 Å². The average Bonchev–Trinajstić information content (AvgIpc) is 1.97. The first-order valence-electron chi connectivity index (χ1n) is 4.06. The van der Waals surface area contributed by atoms with Crippen LogP contribution in [0.2, 0.25) is 0 Å². The van der Waals surface area contributed by atoms with Gasteiger partial charge in [0.1, 0.15) is 6.10 Å². The van der Waals surface area contributed by atoms with Crippen LogP contribution >= 0.6 is 31.9 Å². The molecule has 70 valence electrons. The minimum absolute atomic E-state index is 0.00347. The first-order chi connectivity index (χ1) is 5.61. The van der Waals surface area contributed by atoms with Crippen LogP contribution in [-0.2, 0) is 9.53 Å². The highest BCUT2D eigenvalue weighted by Crippen LogP contribution is 2.31. The van der Waals surface area contributed by atoms with Gasteiger partial charge in [0.05, 0.1) is 9.65 Å². The van der Waals surface area contributed by atoms with Gasteiger partial charge in [-0.1, -0.05) is 38.3 Å². The zero-order valence-corrected chi connectivity index (χ0v) is 10.1. The second-order valence-electron chi connectivity index (χ2n) is 3.04. The van der Waals surface area contributed by atoms with Gasteiger partial charge in [-0.25, -0.2) is 0 Å². The van der Waals surface area contributed by atoms with Gasteiger partial charge in [-0.15, -0.1) is 0 Å². The number of halogens is 2. The lowest BCUT2D eigenvalue weighted by molar-refractivity contribution is -0.146. The lowest BCUT2D eigenvalue weighted by atomic mass is 9.97. The van der Waals surface area contributed by atoms with Crippen molar-refractivity contribution in [3.8, 4) is 0 Å². The summed E-state index contributed by atoms with van der Waals surface area (Å²) in [6.45, 7) is 1.45. The van der Waals surface area contributed by atoms with Gasteiger partial charge in [0.25, 0.3) is 0 Å². The standard InChI is InChI=1S/C8H12Br2O2/c1-5(11)12-8-6(9)3-2-4-7(8)10/h6-8H,2-4H2,1H3/t6-,7+,8?. The van der Waals surface area contributed by atoms with Crippen molar-refractivity contribution >= 4 is 37.8 Å². The van der Waals surface area contributed by atoms with E-state index in [0.29, 0.717) is 9.65 Å². The second kappa shape index (κ2) is 4.61. The van der Waals surface area contributed by atoms with Crippen LogP contribution in [0.5, 0.6) is 0 Å². The Morgan fingerprint density at radius 3 is 2.25 bits per heavy atom. The molecular formula is C8H12Br2O2. The highest BCUT2D eigenvalue weighted by Gasteiger charge is 2.32. The maximum atomic E-state index is 10.7. The molecule has 0 bridgehead atoms. The van der Waals surface area contributed by atoms with E-state index in [1.54, 1.807) is 0 Å². The van der Waals surface area contributed by atoms with Crippen molar-refractivity contribution in [1.82, 2.24) is 0 Å². The van der Waals surface area contributed by atoms with Gasteiger partial charge < -0.3 is 4.74 Å². The first kappa shape index (κ1) is 10.5. The molecule has 0 N–H and O–H groups in total. The number of carbonyl (C=O) groups is 1. The molecule has 0 aromatic carbocycles. The first-order valence-corrected chi connectivity index (χ1v) is 5.89. The van der Waals surface area contributed by atoms with Crippen molar-refractivity contribution in [2.24, 2.45) is 0 Å². The predicted octanol–water partition coefficient (Wildman–Crippen LogP) is 2.63. The van der Waals surface area contributed by atoms with E-state index >= 15 is 0 Å². The molecule has 1 fully saturated rings. The van der Waals surface area contributed by atoms with Crippen molar-refractivity contribution in [1.29, 1.82) is 0 Å². The fourth-order valence-corrected chi connectivity index (χ4v) is 3.41. The molecule has 0 radical (unpaired) electrons. The SMILES string of the molecule is CC(=O)OC1[C@H](Br)CCC[C@@H]1Br. The van der Waals surface area contributed by atoms with Crippen LogP contribution in [0.3, 0.4) is 0 Å². The summed E-state index contributed by atoms with van der Waals surface area (Å²) in [5.41, 5.74) is 0. The fraction of sp³-hybridized carbons (Fsp3) is 0.875. The molecule has 2 nitrogen and oxygen atoms in total. The zero-order valence-electron chi connectivity index (χ0n) is 6.93. The van der Waals surface area contributed by atoms with Gasteiger partial charge in [0, 0.05) is 6.92 Å². The van der Waals surface area contributed by atoms with E-state index in [2.05, 4.69) is 31.9 Å². The number of rotatable bonds is 1. The van der Waals surface area contributed by atoms with Crippen LogP contribution in [0.1, 0.15) is 26.2 Å². The van der Waals surface area contributed by atoms with Crippen molar-refractivity contribution in [3.05, 3.63) is 0 Å². The minimum atomic E-state index is -0.198. The van der Waals surface area contributed by atoms with Gasteiger partial charge >= 0.3 is 5.97 Å². The minimum Gasteiger partial charge on any atom is -0.460 e. The Bertz CT molecular complexity index is 162. The van der Waals surface area contributed by atoms with Crippen molar-refractivity contribution < 1.29 is 9.53 Å². The van der Waals surface area contributed by atoms with Crippen LogP contribution in [-0.4, -0.2) is 21.7 Å². The van der Waals surface area contributed by atoms with Gasteiger partial charge in [0.2, 0.25) is 0 Å². The van der Waals surface area contributed by atoms with Crippen molar-refractivity contribution in [2.75, 3.05) is 0 Å². The molecule has 1 unspecified atom stereocenters. The molecule has 0 aliphatic heterocycles. The normalized spacial score (nSPS) is 36.1. The topological polar surface area (TPSA) is 26.3 Å². The Labute approximate surface area is 89.3 Å². The molecule has 1 aliphatic rings. The van der Waals surface area contributed by atoms with Crippen LogP contribution in [0.15, 0.2) is 0 Å². The largest absolute Gasteiger partial charge is 0.460 e. The third kappa shape index (κ3) is 2.73. The maximum Gasteiger partial charge on any atom is 0.302 e. The summed E-state index contributed by atoms with van der Waals surface area (Å²) >= 11 is 7.03. The summed E-state index contributed by atoms with van der Waals surface area (Å²) in [4.78, 5) is 11.3. The van der Waals surface area contributed by atoms with Crippen molar-refractivity contribution in [3.63, 3.8) is 0 Å². The summed E-state index contributed by atoms with van der Waals surface area (Å²) in [6.07, 6.45) is 3.35. The van der Waals surface area contributed by atoms with Crippen molar-refractivity contribution in [2.45, 2.75) is 41.9 Å². The molecular weight excluding hydrogens is 288 g/mol. The summed E-state index contributed by atoms with van der Waals surface area (Å²) in [5, 5.41) is 0. The second-order valence-corrected chi connectivity index (χ2v) is 5.39. The number of esters is 1. The average molecular weight is 300 g/mol. The maximum absolute atomic E-state index is 10.7. The monoisotopic (exact) mass is 298 g/mol. The van der Waals surface area contributed by atoms with E-state index in [4.69, 9.17) is 4.74 Å². The number of carbonyl (C=O) groups excluding carboxylic acids is 1. The number of hydrogen-bond donors (Lipinski definition) is 0. The van der Waals surface area contributed by atoms with E-state index in [-0.39, 0.29) is 12.1 Å². The van der Waals surface area contributed by atoms with Gasteiger partial charge in [-0.2, -0.15) is 0 Å². The van der Waals surface area contributed by atoms with E-state index in [0.717, 1.165) is 12.8 Å². The molecule has 1 saturated carbocycles. The molecule has 0 aromatic heterocycles. The molecule has 12 heavy (non-hydrogen) atoms. The number of ether oxygens (including phenoxy) is 1. The molecule has 0 amide bonds. The van der Waals surface area contributed by atoms with E-state index in [1.807, 2.05) is 0 Å². The third-order valence-electron chi connectivity index (χ3n) is 1.97. The third-order valence-corrected chi connectivity index (χ3v) is 3.93. The number of hydrogen-bond acceptors (Lipinski definition) is 2. The Balaban J connectivity index is 2.50. The van der Waals surface area contributed by atoms with Crippen LogP contribution in [0.4, 0.5) is 0 Å². The molecule has 0 spiro atoms. The smallest absolute Gasteiger partial charge is 0.302 e. The van der Waals surface area contributed by atoms with Gasteiger partial charge in [0.15, 0.2) is 0 Å². The molecule has 0 aromatic rings. The highest BCUT2D eigenvalue weighted by atomic mass is 79.9. The lowest BCUT2D eigenvalue weighted by Gasteiger charge is -2.31. The Morgan fingerprint density at radius 2 is 1.83 bits per heavy atom. The highest BCUT2D eigenvalue weighted by molar-refractivity contribution is 9.10. The van der Waals surface area contributed by atoms with E-state index < -0.39 is 0 Å². The lowest BCUT2D eigenvalue weighted by Crippen LogP contribution is -2.38. The molecule has 1 rings (SSSR count). The molecule has 0 saturated heterocycles. The van der Waals surface area contributed by atoms with Crippen LogP contribution in [0, 0.1) is 0 Å². The van der Waals surface area contributed by atoms with E-state index in [1.165, 1.54) is 13.3 Å². The summed E-state index contributed by atoms with van der Waals surface area (Å²) < 4.78 is 5.18. The predicted molar refractivity (Wildman–Crippen MR) is 54.8 cm³/mol.